The molecular formula is C18H27NO4. The molecule has 0 bridgehead atoms. The van der Waals surface area contributed by atoms with Crippen LogP contribution in [0, 0.1) is 5.92 Å². The highest BCUT2D eigenvalue weighted by Crippen LogP contribution is 2.13. The Morgan fingerprint density at radius 1 is 1.22 bits per heavy atom. The zero-order valence-electron chi connectivity index (χ0n) is 14.4. The molecule has 0 fully saturated rings. The number of nitrogens with one attached hydrogen (secondary N) is 1. The summed E-state index contributed by atoms with van der Waals surface area (Å²) in [5.74, 6) is -0.583. The molecule has 5 nitrogen and oxygen atoms in total. The van der Waals surface area contributed by atoms with Crippen LogP contribution in [0.15, 0.2) is 24.3 Å². The first-order chi connectivity index (χ1) is 10.7. The average molecular weight is 321 g/mol. The lowest BCUT2D eigenvalue weighted by molar-refractivity contribution is -0.139. The summed E-state index contributed by atoms with van der Waals surface area (Å²) in [7, 11) is 1.49. The predicted octanol–water partition coefficient (Wildman–Crippen LogP) is 2.42. The number of carbonyl (C=O) groups is 2. The Kier molecular flexibility index (Phi) is 7.23. The summed E-state index contributed by atoms with van der Waals surface area (Å²) >= 11 is 0. The molecule has 2 N–H and O–H groups in total. The summed E-state index contributed by atoms with van der Waals surface area (Å²) in [5, 5.41) is 11.8. The molecular weight excluding hydrogens is 294 g/mol. The van der Waals surface area contributed by atoms with Gasteiger partial charge in [0, 0.05) is 7.11 Å². The number of hydrogen-bond donors (Lipinski definition) is 2. The zero-order valence-corrected chi connectivity index (χ0v) is 14.4. The third-order valence-electron chi connectivity index (χ3n) is 3.48. The van der Waals surface area contributed by atoms with Crippen LogP contribution in [0.3, 0.4) is 0 Å². The van der Waals surface area contributed by atoms with Gasteiger partial charge in [-0.25, -0.2) is 0 Å². The summed E-state index contributed by atoms with van der Waals surface area (Å²) in [6, 6.07) is 7.97. The largest absolute Gasteiger partial charge is 0.481 e. The van der Waals surface area contributed by atoms with Crippen molar-refractivity contribution in [1.29, 1.82) is 0 Å². The van der Waals surface area contributed by atoms with Gasteiger partial charge in [-0.05, 0) is 30.4 Å². The summed E-state index contributed by atoms with van der Waals surface area (Å²) in [5.41, 5.74) is 1.25. The number of rotatable bonds is 9. The summed E-state index contributed by atoms with van der Waals surface area (Å²) in [6.07, 6.45) is 1.05. The first-order valence-corrected chi connectivity index (χ1v) is 7.83. The van der Waals surface area contributed by atoms with E-state index < -0.39 is 11.5 Å². The normalized spacial score (nSPS) is 13.6. The molecule has 1 aromatic carbocycles. The first-order valence-electron chi connectivity index (χ1n) is 7.83. The zero-order chi connectivity index (χ0) is 17.5. The molecule has 0 saturated heterocycles. The summed E-state index contributed by atoms with van der Waals surface area (Å²) < 4.78 is 5.03. The van der Waals surface area contributed by atoms with Crippen molar-refractivity contribution in [1.82, 2.24) is 5.32 Å². The van der Waals surface area contributed by atoms with Gasteiger partial charge >= 0.3 is 5.97 Å². The van der Waals surface area contributed by atoms with Crippen molar-refractivity contribution in [2.75, 3.05) is 13.7 Å². The lowest BCUT2D eigenvalue weighted by Gasteiger charge is -2.28. The van der Waals surface area contributed by atoms with Crippen LogP contribution in [0.4, 0.5) is 0 Å². The van der Waals surface area contributed by atoms with E-state index in [1.807, 2.05) is 24.3 Å². The van der Waals surface area contributed by atoms with Crippen LogP contribution in [0.25, 0.3) is 0 Å². The first kappa shape index (κ1) is 19.2. The summed E-state index contributed by atoms with van der Waals surface area (Å²) in [6.45, 7) is 6.16. The van der Waals surface area contributed by atoms with Gasteiger partial charge in [-0.15, -0.1) is 0 Å². The molecule has 0 aromatic heterocycles. The topological polar surface area (TPSA) is 75.6 Å². The Balaban J connectivity index is 2.65. The SMILES string of the molecule is COCC(C)(CC(=O)O)NC(=O)Cc1ccc(CC(C)C)cc1. The van der Waals surface area contributed by atoms with Crippen LogP contribution in [-0.4, -0.2) is 36.2 Å². The van der Waals surface area contributed by atoms with Gasteiger partial charge in [0.2, 0.25) is 5.91 Å². The standard InChI is InChI=1S/C18H27NO4/c1-13(2)9-14-5-7-15(8-6-14)10-16(20)19-18(3,12-23-4)11-17(21)22/h5-8,13H,9-12H2,1-4H3,(H,19,20)(H,21,22). The van der Waals surface area contributed by atoms with Gasteiger partial charge in [0.1, 0.15) is 0 Å². The molecule has 0 aliphatic heterocycles. The summed E-state index contributed by atoms with van der Waals surface area (Å²) in [4.78, 5) is 23.1. The van der Waals surface area contributed by atoms with Crippen LogP contribution in [-0.2, 0) is 27.2 Å². The van der Waals surface area contributed by atoms with Crippen LogP contribution in [0.1, 0.15) is 38.3 Å². The Morgan fingerprint density at radius 3 is 2.26 bits per heavy atom. The third-order valence-corrected chi connectivity index (χ3v) is 3.48. The number of aliphatic carboxylic acids is 1. The maximum absolute atomic E-state index is 12.2. The van der Waals surface area contributed by atoms with E-state index in [0.29, 0.717) is 5.92 Å². The van der Waals surface area contributed by atoms with Gasteiger partial charge in [0.05, 0.1) is 25.0 Å². The highest BCUT2D eigenvalue weighted by molar-refractivity contribution is 5.80. The highest BCUT2D eigenvalue weighted by Gasteiger charge is 2.29. The number of hydrogen-bond acceptors (Lipinski definition) is 3. The van der Waals surface area contributed by atoms with Gasteiger partial charge in [0.25, 0.3) is 0 Å². The van der Waals surface area contributed by atoms with E-state index in [9.17, 15) is 9.59 Å². The minimum absolute atomic E-state index is 0.151. The molecule has 23 heavy (non-hydrogen) atoms. The van der Waals surface area contributed by atoms with E-state index in [2.05, 4.69) is 19.2 Å². The van der Waals surface area contributed by atoms with Crippen molar-refractivity contribution in [2.45, 2.75) is 45.6 Å². The number of benzene rings is 1. The number of carbonyl (C=O) groups excluding carboxylic acids is 1. The molecule has 1 amide bonds. The average Bonchev–Trinajstić information content (AvgIpc) is 2.39. The Hall–Kier alpha value is -1.88. The van der Waals surface area contributed by atoms with E-state index >= 15 is 0 Å². The molecule has 5 heteroatoms. The van der Waals surface area contributed by atoms with Crippen molar-refractivity contribution >= 4 is 11.9 Å². The minimum Gasteiger partial charge on any atom is -0.481 e. The number of carboxylic acid groups (broad SMARTS) is 1. The molecule has 0 spiro atoms. The van der Waals surface area contributed by atoms with Gasteiger partial charge in [-0.3, -0.25) is 9.59 Å². The van der Waals surface area contributed by atoms with Gasteiger partial charge in [0.15, 0.2) is 0 Å². The van der Waals surface area contributed by atoms with E-state index in [4.69, 9.17) is 9.84 Å². The molecule has 1 atom stereocenters. The van der Waals surface area contributed by atoms with Gasteiger partial charge in [-0.1, -0.05) is 38.1 Å². The van der Waals surface area contributed by atoms with E-state index in [0.717, 1.165) is 12.0 Å². The molecule has 0 heterocycles. The Labute approximate surface area is 138 Å². The smallest absolute Gasteiger partial charge is 0.305 e. The number of ether oxygens (including phenoxy) is 1. The molecule has 128 valence electrons. The second-order valence-corrected chi connectivity index (χ2v) is 6.70. The van der Waals surface area contributed by atoms with E-state index in [1.165, 1.54) is 12.7 Å². The van der Waals surface area contributed by atoms with E-state index in [1.54, 1.807) is 6.92 Å². The van der Waals surface area contributed by atoms with Gasteiger partial charge < -0.3 is 15.2 Å². The van der Waals surface area contributed by atoms with Crippen molar-refractivity contribution in [3.63, 3.8) is 0 Å². The van der Waals surface area contributed by atoms with Crippen LogP contribution in [0.2, 0.25) is 0 Å². The fourth-order valence-electron chi connectivity index (χ4n) is 2.61. The van der Waals surface area contributed by atoms with Crippen molar-refractivity contribution < 1.29 is 19.4 Å². The van der Waals surface area contributed by atoms with Crippen LogP contribution < -0.4 is 5.32 Å². The lowest BCUT2D eigenvalue weighted by atomic mass is 9.97. The van der Waals surface area contributed by atoms with E-state index in [-0.39, 0.29) is 25.4 Å². The maximum Gasteiger partial charge on any atom is 0.305 e. The van der Waals surface area contributed by atoms with Gasteiger partial charge in [-0.2, -0.15) is 0 Å². The lowest BCUT2D eigenvalue weighted by Crippen LogP contribution is -2.51. The predicted molar refractivity (Wildman–Crippen MR) is 89.4 cm³/mol. The maximum atomic E-state index is 12.2. The van der Waals surface area contributed by atoms with Crippen LogP contribution in [0.5, 0.6) is 0 Å². The van der Waals surface area contributed by atoms with Crippen molar-refractivity contribution in [3.05, 3.63) is 35.4 Å². The second-order valence-electron chi connectivity index (χ2n) is 6.70. The molecule has 1 unspecified atom stereocenters. The number of amides is 1. The Bertz CT molecular complexity index is 524. The fourth-order valence-corrected chi connectivity index (χ4v) is 2.61. The van der Waals surface area contributed by atoms with Crippen molar-refractivity contribution in [3.8, 4) is 0 Å². The second kappa shape index (κ2) is 8.67. The number of methoxy groups -OCH3 is 1. The molecule has 0 radical (unpaired) electrons. The molecule has 1 aromatic rings. The highest BCUT2D eigenvalue weighted by atomic mass is 16.5. The van der Waals surface area contributed by atoms with Crippen LogP contribution >= 0.6 is 0 Å². The Morgan fingerprint density at radius 2 is 1.78 bits per heavy atom. The minimum atomic E-state index is -0.970. The fraction of sp³-hybridized carbons (Fsp3) is 0.556. The quantitative estimate of drug-likeness (QED) is 0.732. The third kappa shape index (κ3) is 7.28. The number of carboxylic acids is 1. The monoisotopic (exact) mass is 321 g/mol. The van der Waals surface area contributed by atoms with Crippen molar-refractivity contribution in [2.24, 2.45) is 5.92 Å². The molecule has 1 rings (SSSR count). The molecule has 0 aliphatic carbocycles. The molecule has 0 aliphatic rings. The molecule has 0 saturated carbocycles.